The first-order chi connectivity index (χ1) is 8.60. The number of pyridine rings is 1. The minimum Gasteiger partial charge on any atom is -0.479 e. The average molecular weight is 253 g/mol. The van der Waals surface area contributed by atoms with Gasteiger partial charge in [-0.1, -0.05) is 6.92 Å². The van der Waals surface area contributed by atoms with Gasteiger partial charge in [0.05, 0.1) is 6.61 Å². The third-order valence-corrected chi connectivity index (χ3v) is 2.21. The number of carbonyl (C=O) groups is 2. The maximum absolute atomic E-state index is 11.2. The molecule has 0 bridgehead atoms. The molecule has 0 fully saturated rings. The molecule has 0 saturated carbocycles. The van der Waals surface area contributed by atoms with Crippen LogP contribution in [-0.4, -0.2) is 35.2 Å². The standard InChI is InChI=1S/C12H15NO5/c1-3-8-5-6-13-10(12(15)16)11(8)18-7-9(14)17-4-2/h5-6H,3-4,7H2,1-2H3,(H,15,16). The minimum absolute atomic E-state index is 0.126. The van der Waals surface area contributed by atoms with E-state index >= 15 is 0 Å². The summed E-state index contributed by atoms with van der Waals surface area (Å²) in [4.78, 5) is 25.9. The van der Waals surface area contributed by atoms with Gasteiger partial charge in [-0.3, -0.25) is 0 Å². The highest BCUT2D eigenvalue weighted by Crippen LogP contribution is 2.22. The van der Waals surface area contributed by atoms with Gasteiger partial charge < -0.3 is 14.6 Å². The van der Waals surface area contributed by atoms with Crippen molar-refractivity contribution in [2.24, 2.45) is 0 Å². The summed E-state index contributed by atoms with van der Waals surface area (Å²) >= 11 is 0. The molecule has 0 aliphatic heterocycles. The quantitative estimate of drug-likeness (QED) is 0.769. The second-order valence-electron chi connectivity index (χ2n) is 3.40. The molecule has 0 saturated heterocycles. The molecule has 0 aliphatic rings. The third kappa shape index (κ3) is 3.44. The predicted octanol–water partition coefficient (Wildman–Crippen LogP) is 1.28. The summed E-state index contributed by atoms with van der Waals surface area (Å²) in [5.74, 6) is -1.61. The maximum Gasteiger partial charge on any atom is 0.358 e. The lowest BCUT2D eigenvalue weighted by Crippen LogP contribution is -2.17. The summed E-state index contributed by atoms with van der Waals surface area (Å²) in [5, 5.41) is 9.00. The maximum atomic E-state index is 11.2. The molecule has 0 aliphatic carbocycles. The van der Waals surface area contributed by atoms with E-state index in [1.165, 1.54) is 6.20 Å². The Labute approximate surface area is 105 Å². The van der Waals surface area contributed by atoms with Crippen LogP contribution in [0.4, 0.5) is 0 Å². The van der Waals surface area contributed by atoms with Crippen LogP contribution >= 0.6 is 0 Å². The number of nitrogens with zero attached hydrogens (tertiary/aromatic N) is 1. The molecular formula is C12H15NO5. The summed E-state index contributed by atoms with van der Waals surface area (Å²) in [6.07, 6.45) is 1.99. The Morgan fingerprint density at radius 2 is 2.11 bits per heavy atom. The molecule has 1 N–H and O–H groups in total. The summed E-state index contributed by atoms with van der Waals surface area (Å²) in [6, 6.07) is 1.66. The molecule has 1 aromatic heterocycles. The molecule has 0 spiro atoms. The first kappa shape index (κ1) is 14.0. The summed E-state index contributed by atoms with van der Waals surface area (Å²) in [6.45, 7) is 3.47. The largest absolute Gasteiger partial charge is 0.479 e. The number of hydrogen-bond donors (Lipinski definition) is 1. The molecule has 1 aromatic rings. The molecule has 1 rings (SSSR count). The number of carbonyl (C=O) groups excluding carboxylic acids is 1. The topological polar surface area (TPSA) is 85.7 Å². The van der Waals surface area contributed by atoms with E-state index in [2.05, 4.69) is 4.98 Å². The number of hydrogen-bond acceptors (Lipinski definition) is 5. The van der Waals surface area contributed by atoms with Crippen molar-refractivity contribution in [1.29, 1.82) is 0 Å². The number of rotatable bonds is 6. The van der Waals surface area contributed by atoms with E-state index in [1.807, 2.05) is 6.92 Å². The molecule has 6 heteroatoms. The number of aromatic nitrogens is 1. The summed E-state index contributed by atoms with van der Waals surface area (Å²) in [5.41, 5.74) is 0.491. The highest BCUT2D eigenvalue weighted by molar-refractivity contribution is 5.89. The normalized spacial score (nSPS) is 9.89. The van der Waals surface area contributed by atoms with E-state index in [4.69, 9.17) is 14.6 Å². The Morgan fingerprint density at radius 3 is 2.67 bits per heavy atom. The van der Waals surface area contributed by atoms with E-state index in [9.17, 15) is 9.59 Å². The van der Waals surface area contributed by atoms with Gasteiger partial charge in [-0.2, -0.15) is 0 Å². The van der Waals surface area contributed by atoms with Crippen molar-refractivity contribution in [2.75, 3.05) is 13.2 Å². The lowest BCUT2D eigenvalue weighted by molar-refractivity contribution is -0.145. The van der Waals surface area contributed by atoms with E-state index in [0.29, 0.717) is 12.0 Å². The smallest absolute Gasteiger partial charge is 0.358 e. The number of aryl methyl sites for hydroxylation is 1. The SMILES string of the molecule is CCOC(=O)COc1c(CC)ccnc1C(=O)O. The Balaban J connectivity index is 2.91. The van der Waals surface area contributed by atoms with Crippen molar-refractivity contribution in [3.63, 3.8) is 0 Å². The van der Waals surface area contributed by atoms with Gasteiger partial charge in [0.2, 0.25) is 0 Å². The second-order valence-corrected chi connectivity index (χ2v) is 3.40. The van der Waals surface area contributed by atoms with Crippen molar-refractivity contribution < 1.29 is 24.2 Å². The van der Waals surface area contributed by atoms with Crippen LogP contribution in [0.25, 0.3) is 0 Å². The van der Waals surface area contributed by atoms with Crippen LogP contribution in [0.3, 0.4) is 0 Å². The zero-order valence-electron chi connectivity index (χ0n) is 10.3. The van der Waals surface area contributed by atoms with Gasteiger partial charge in [0, 0.05) is 6.20 Å². The van der Waals surface area contributed by atoms with Gasteiger partial charge >= 0.3 is 11.9 Å². The van der Waals surface area contributed by atoms with E-state index in [1.54, 1.807) is 13.0 Å². The van der Waals surface area contributed by atoms with Crippen molar-refractivity contribution in [3.8, 4) is 5.75 Å². The fourth-order valence-electron chi connectivity index (χ4n) is 1.41. The van der Waals surface area contributed by atoms with Gasteiger partial charge in [-0.25, -0.2) is 14.6 Å². The number of carboxylic acids is 1. The third-order valence-electron chi connectivity index (χ3n) is 2.21. The van der Waals surface area contributed by atoms with Gasteiger partial charge in [-0.05, 0) is 25.0 Å². The van der Waals surface area contributed by atoms with Crippen LogP contribution in [0.2, 0.25) is 0 Å². The molecule has 0 radical (unpaired) electrons. The van der Waals surface area contributed by atoms with Crippen LogP contribution < -0.4 is 4.74 Å². The van der Waals surface area contributed by atoms with Gasteiger partial charge in [-0.15, -0.1) is 0 Å². The van der Waals surface area contributed by atoms with Crippen molar-refractivity contribution in [1.82, 2.24) is 4.98 Å². The van der Waals surface area contributed by atoms with Crippen LogP contribution in [0.5, 0.6) is 5.75 Å². The van der Waals surface area contributed by atoms with Crippen LogP contribution in [0.15, 0.2) is 12.3 Å². The Kier molecular flexibility index (Phi) is 5.10. The zero-order chi connectivity index (χ0) is 13.5. The minimum atomic E-state index is -1.19. The molecule has 0 amide bonds. The molecule has 6 nitrogen and oxygen atoms in total. The van der Waals surface area contributed by atoms with Crippen molar-refractivity contribution in [3.05, 3.63) is 23.5 Å². The lowest BCUT2D eigenvalue weighted by Gasteiger charge is -2.11. The number of aromatic carboxylic acids is 1. The lowest BCUT2D eigenvalue weighted by atomic mass is 10.1. The number of carboxylic acid groups (broad SMARTS) is 1. The Morgan fingerprint density at radius 1 is 1.39 bits per heavy atom. The summed E-state index contributed by atoms with van der Waals surface area (Å²) < 4.78 is 9.92. The molecule has 0 aromatic carbocycles. The highest BCUT2D eigenvalue weighted by atomic mass is 16.6. The molecule has 0 unspecified atom stereocenters. The predicted molar refractivity (Wildman–Crippen MR) is 62.7 cm³/mol. The Bertz CT molecular complexity index is 444. The highest BCUT2D eigenvalue weighted by Gasteiger charge is 2.17. The zero-order valence-corrected chi connectivity index (χ0v) is 10.3. The molecule has 0 atom stereocenters. The monoisotopic (exact) mass is 253 g/mol. The number of ether oxygens (including phenoxy) is 2. The van der Waals surface area contributed by atoms with E-state index in [-0.39, 0.29) is 24.7 Å². The molecule has 18 heavy (non-hydrogen) atoms. The van der Waals surface area contributed by atoms with Crippen LogP contribution in [0, 0.1) is 0 Å². The van der Waals surface area contributed by atoms with Gasteiger partial charge in [0.15, 0.2) is 18.1 Å². The van der Waals surface area contributed by atoms with Crippen molar-refractivity contribution >= 4 is 11.9 Å². The molecular weight excluding hydrogens is 238 g/mol. The average Bonchev–Trinajstić information content (AvgIpc) is 2.36. The fourth-order valence-corrected chi connectivity index (χ4v) is 1.41. The van der Waals surface area contributed by atoms with E-state index in [0.717, 1.165) is 0 Å². The van der Waals surface area contributed by atoms with E-state index < -0.39 is 11.9 Å². The second kappa shape index (κ2) is 6.58. The molecule has 98 valence electrons. The first-order valence-corrected chi connectivity index (χ1v) is 5.59. The van der Waals surface area contributed by atoms with Gasteiger partial charge in [0.1, 0.15) is 0 Å². The van der Waals surface area contributed by atoms with Crippen molar-refractivity contribution in [2.45, 2.75) is 20.3 Å². The van der Waals surface area contributed by atoms with Gasteiger partial charge in [0.25, 0.3) is 0 Å². The molecule has 1 heterocycles. The number of esters is 1. The fraction of sp³-hybridized carbons (Fsp3) is 0.417. The summed E-state index contributed by atoms with van der Waals surface area (Å²) in [7, 11) is 0. The van der Waals surface area contributed by atoms with Crippen LogP contribution in [0.1, 0.15) is 29.9 Å². The Hall–Kier alpha value is -2.11. The van der Waals surface area contributed by atoms with Crippen LogP contribution in [-0.2, 0) is 16.0 Å². The first-order valence-electron chi connectivity index (χ1n) is 5.59.